The van der Waals surface area contributed by atoms with Crippen molar-refractivity contribution in [3.8, 4) is 23.0 Å². The third kappa shape index (κ3) is 6.42. The van der Waals surface area contributed by atoms with E-state index in [0.29, 0.717) is 22.6 Å². The van der Waals surface area contributed by atoms with Crippen LogP contribution in [-0.2, 0) is 21.0 Å². The zero-order chi connectivity index (χ0) is 20.9. The molecule has 0 aliphatic heterocycles. The van der Waals surface area contributed by atoms with Gasteiger partial charge in [0.05, 0.1) is 37.8 Å². The van der Waals surface area contributed by atoms with Gasteiger partial charge in [0.1, 0.15) is 23.0 Å². The van der Waals surface area contributed by atoms with E-state index in [9.17, 15) is 15.0 Å². The number of nitrogens with zero attached hydrogens (tertiary/aromatic N) is 2. The summed E-state index contributed by atoms with van der Waals surface area (Å²) in [5.74, 6) is 0.723. The molecule has 2 aromatic carbocycles. The SMILES string of the molecule is COc1cccc(O)c1/C=N/NC(=O)N/N=C/c1c(O)cccc1OC.[O]=[V]. The number of phenols is 2. The Labute approximate surface area is 170 Å². The van der Waals surface area contributed by atoms with E-state index in [2.05, 4.69) is 21.1 Å². The van der Waals surface area contributed by atoms with Crippen LogP contribution in [0.15, 0.2) is 46.6 Å². The van der Waals surface area contributed by atoms with E-state index in [1.165, 1.54) is 38.8 Å². The Hall–Kier alpha value is -3.37. The fourth-order valence-corrected chi connectivity index (χ4v) is 2.02. The number of phenolic OH excluding ortho intramolecular Hbond substituents is 2. The molecule has 0 bridgehead atoms. The molecule has 0 saturated carbocycles. The molecule has 0 radical (unpaired) electrons. The number of rotatable bonds is 6. The van der Waals surface area contributed by atoms with Crippen LogP contribution in [0.5, 0.6) is 23.0 Å². The van der Waals surface area contributed by atoms with Crippen LogP contribution in [-0.4, -0.2) is 42.9 Å². The topological polar surface area (TPSA) is 142 Å². The van der Waals surface area contributed by atoms with E-state index < -0.39 is 6.03 Å². The van der Waals surface area contributed by atoms with Gasteiger partial charge in [0, 0.05) is 0 Å². The quantitative estimate of drug-likeness (QED) is 0.410. The van der Waals surface area contributed by atoms with Gasteiger partial charge < -0.3 is 19.7 Å². The molecule has 28 heavy (non-hydrogen) atoms. The number of aromatic hydroxyl groups is 2. The molecule has 0 aromatic heterocycles. The monoisotopic (exact) mass is 425 g/mol. The molecule has 10 nitrogen and oxygen atoms in total. The Kier molecular flexibility index (Phi) is 9.80. The molecule has 0 unspecified atom stereocenters. The molecule has 0 spiro atoms. The van der Waals surface area contributed by atoms with E-state index in [1.807, 2.05) is 0 Å². The molecule has 0 aliphatic rings. The van der Waals surface area contributed by atoms with Gasteiger partial charge in [-0.1, -0.05) is 12.1 Å². The average Bonchev–Trinajstić information content (AvgIpc) is 2.71. The zero-order valence-corrected chi connectivity index (χ0v) is 16.4. The van der Waals surface area contributed by atoms with Gasteiger partial charge >= 0.3 is 27.1 Å². The summed E-state index contributed by atoms with van der Waals surface area (Å²) in [5.41, 5.74) is 5.00. The van der Waals surface area contributed by atoms with Crippen molar-refractivity contribution >= 4 is 18.5 Å². The molecule has 11 heteroatoms. The van der Waals surface area contributed by atoms with Crippen LogP contribution in [0.4, 0.5) is 4.79 Å². The number of urea groups is 1. The van der Waals surface area contributed by atoms with Crippen molar-refractivity contribution in [3.05, 3.63) is 47.5 Å². The van der Waals surface area contributed by atoms with Crippen LogP contribution in [0.1, 0.15) is 11.1 Å². The fraction of sp³-hybridized carbons (Fsp3) is 0.118. The molecule has 2 rings (SSSR count). The number of amides is 2. The van der Waals surface area contributed by atoms with Crippen molar-refractivity contribution in [2.75, 3.05) is 14.2 Å². The molecular weight excluding hydrogens is 407 g/mol. The molecule has 0 heterocycles. The number of hydrogen-bond acceptors (Lipinski definition) is 8. The van der Waals surface area contributed by atoms with E-state index in [-0.39, 0.29) is 11.5 Å². The van der Waals surface area contributed by atoms with Crippen LogP contribution in [0.25, 0.3) is 0 Å². The first-order chi connectivity index (χ1) is 13.6. The fourth-order valence-electron chi connectivity index (χ4n) is 2.02. The number of carbonyl (C=O) groups excluding carboxylic acids is 1. The number of ether oxygens (including phenoxy) is 2. The summed E-state index contributed by atoms with van der Waals surface area (Å²) in [6, 6.07) is 8.74. The zero-order valence-electron chi connectivity index (χ0n) is 15.0. The normalized spacial score (nSPS) is 10.2. The van der Waals surface area contributed by atoms with Crippen molar-refractivity contribution in [1.82, 2.24) is 10.9 Å². The van der Waals surface area contributed by atoms with Gasteiger partial charge in [-0.3, -0.25) is 0 Å². The van der Waals surface area contributed by atoms with Gasteiger partial charge in [-0.2, -0.15) is 10.2 Å². The molecule has 0 aliphatic carbocycles. The summed E-state index contributed by atoms with van der Waals surface area (Å²) in [4.78, 5) is 11.7. The van der Waals surface area contributed by atoms with E-state index >= 15 is 0 Å². The van der Waals surface area contributed by atoms with E-state index in [4.69, 9.17) is 13.1 Å². The first-order valence-corrected chi connectivity index (χ1v) is 8.16. The first-order valence-electron chi connectivity index (χ1n) is 7.59. The summed E-state index contributed by atoms with van der Waals surface area (Å²) >= 11 is 1.06. The van der Waals surface area contributed by atoms with E-state index in [0.717, 1.165) is 17.4 Å². The van der Waals surface area contributed by atoms with Crippen molar-refractivity contribution in [2.45, 2.75) is 0 Å². The number of nitrogens with one attached hydrogen (secondary N) is 2. The number of hydrogen-bond donors (Lipinski definition) is 4. The second-order valence-electron chi connectivity index (χ2n) is 4.86. The van der Waals surface area contributed by atoms with Crippen LogP contribution >= 0.6 is 0 Å². The molecular formula is C17H18N4O6V. The van der Waals surface area contributed by atoms with Gasteiger partial charge in [0.25, 0.3) is 0 Å². The predicted molar refractivity (Wildman–Crippen MR) is 96.9 cm³/mol. The summed E-state index contributed by atoms with van der Waals surface area (Å²) < 4.78 is 18.4. The minimum atomic E-state index is -0.721. The number of hydrazone groups is 2. The van der Waals surface area contributed by atoms with Gasteiger partial charge in [0.2, 0.25) is 0 Å². The van der Waals surface area contributed by atoms with Crippen LogP contribution in [0, 0.1) is 0 Å². The van der Waals surface area contributed by atoms with Crippen molar-refractivity contribution in [2.24, 2.45) is 10.2 Å². The van der Waals surface area contributed by atoms with Gasteiger partial charge in [-0.25, -0.2) is 15.6 Å². The third-order valence-electron chi connectivity index (χ3n) is 3.25. The minimum absolute atomic E-state index is 0.0417. The number of benzene rings is 2. The second kappa shape index (κ2) is 12.1. The molecule has 0 fully saturated rings. The molecule has 4 N–H and O–H groups in total. The van der Waals surface area contributed by atoms with Crippen LogP contribution in [0.2, 0.25) is 0 Å². The maximum atomic E-state index is 11.7. The summed E-state index contributed by atoms with van der Waals surface area (Å²) in [7, 11) is 2.91. The average molecular weight is 425 g/mol. The van der Waals surface area contributed by atoms with Crippen LogP contribution in [0.3, 0.4) is 0 Å². The third-order valence-corrected chi connectivity index (χ3v) is 3.25. The van der Waals surface area contributed by atoms with Crippen LogP contribution < -0.4 is 20.3 Å². The number of methoxy groups -OCH3 is 2. The summed E-state index contributed by atoms with van der Waals surface area (Å²) in [6.45, 7) is 0. The van der Waals surface area contributed by atoms with Gasteiger partial charge in [-0.05, 0) is 24.3 Å². The Morgan fingerprint density at radius 1 is 0.893 bits per heavy atom. The molecule has 0 saturated heterocycles. The summed E-state index contributed by atoms with van der Waals surface area (Å²) in [5, 5.41) is 27.0. The maximum absolute atomic E-state index is 11.7. The Balaban J connectivity index is 0.00000190. The van der Waals surface area contributed by atoms with Gasteiger partial charge in [0.15, 0.2) is 0 Å². The number of carbonyl (C=O) groups is 1. The standard InChI is InChI=1S/C17H18N4O5.O.V/c1-25-15-7-3-5-13(22)11(15)9-18-20-17(24)21-19-10-12-14(23)6-4-8-16(12)26-2;;/h3-10,22-23H,1-2H3,(H2,20,21,24);;/b18-9+,19-10+;;. The van der Waals surface area contributed by atoms with Gasteiger partial charge in [-0.15, -0.1) is 0 Å². The van der Waals surface area contributed by atoms with E-state index in [1.54, 1.807) is 24.3 Å². The Morgan fingerprint density at radius 3 is 1.64 bits per heavy atom. The summed E-state index contributed by atoms with van der Waals surface area (Å²) in [6.07, 6.45) is 2.48. The predicted octanol–water partition coefficient (Wildman–Crippen LogP) is 1.66. The van der Waals surface area contributed by atoms with Crippen molar-refractivity contribution in [1.29, 1.82) is 0 Å². The van der Waals surface area contributed by atoms with Crippen molar-refractivity contribution < 1.29 is 45.5 Å². The molecule has 147 valence electrons. The Morgan fingerprint density at radius 2 is 1.29 bits per heavy atom. The van der Waals surface area contributed by atoms with Crippen molar-refractivity contribution in [3.63, 3.8) is 0 Å². The molecule has 0 atom stereocenters. The second-order valence-corrected chi connectivity index (χ2v) is 4.86. The molecule has 2 amide bonds. The first kappa shape index (κ1) is 22.7. The molecule has 2 aromatic rings. The Bertz CT molecular complexity index is 792.